The molecule has 2 N–H and O–H groups in total. The molecule has 0 aliphatic carbocycles. The second-order valence-corrected chi connectivity index (χ2v) is 32.6. The number of hydrogen-bond donors (Lipinski definition) is 2. The summed E-state index contributed by atoms with van der Waals surface area (Å²) in [7, 11) is 0. The lowest BCUT2D eigenvalue weighted by Crippen LogP contribution is -2.41. The summed E-state index contributed by atoms with van der Waals surface area (Å²) in [5.74, 6) is -0.710. The highest BCUT2D eigenvalue weighted by atomic mass is 16.5. The van der Waals surface area contributed by atoms with Crippen molar-refractivity contribution in [3.63, 3.8) is 0 Å². The molecule has 2 atom stereocenters. The van der Waals surface area contributed by atoms with Crippen LogP contribution in [0.1, 0.15) is 471 Å². The van der Waals surface area contributed by atoms with E-state index < -0.39 is 12.2 Å². The van der Waals surface area contributed by atoms with E-state index in [1.807, 2.05) is 12.2 Å². The first kappa shape index (κ1) is 103. The number of ether oxygens (including phenoxy) is 3. The molecule has 0 aliphatic heterocycles. The number of hydrogen-bond acceptors (Lipinski definition) is 11. The lowest BCUT2D eigenvalue weighted by atomic mass is 10.0. The molecule has 0 heterocycles. The van der Waals surface area contributed by atoms with Crippen LogP contribution in [-0.4, -0.2) is 134 Å². The first-order valence-electron chi connectivity index (χ1n) is 47.0. The monoisotopic (exact) mass is 1480 g/mol. The maximum Gasteiger partial charge on any atom is 0.330 e. The fourth-order valence-electron chi connectivity index (χ4n) is 15.0. The van der Waals surface area contributed by atoms with Crippen molar-refractivity contribution < 1.29 is 38.8 Å². The molecule has 0 saturated carbocycles. The minimum atomic E-state index is -0.599. The zero-order chi connectivity index (χ0) is 76.1. The molecule has 0 aliphatic rings. The number of unbranched alkanes of at least 4 members (excludes halogenated alkanes) is 58. The Labute approximate surface area is 654 Å². The third-order valence-electron chi connectivity index (χ3n) is 21.9. The van der Waals surface area contributed by atoms with Crippen LogP contribution in [0.4, 0.5) is 0 Å². The van der Waals surface area contributed by atoms with Crippen LogP contribution in [-0.2, 0) is 28.6 Å². The van der Waals surface area contributed by atoms with Crippen LogP contribution in [0.5, 0.6) is 0 Å². The molecule has 2 unspecified atom stereocenters. The van der Waals surface area contributed by atoms with Gasteiger partial charge >= 0.3 is 17.9 Å². The van der Waals surface area contributed by atoms with Gasteiger partial charge in [0.1, 0.15) is 0 Å². The minimum Gasteiger partial charge on any atom is -0.466 e. The Morgan fingerprint density at radius 3 is 0.819 bits per heavy atom. The number of carbonyl (C=O) groups is 3. The van der Waals surface area contributed by atoms with Gasteiger partial charge in [-0.25, -0.2) is 9.59 Å². The number of aliphatic hydroxyl groups is 2. The van der Waals surface area contributed by atoms with Gasteiger partial charge < -0.3 is 34.2 Å². The molecule has 11 heteroatoms. The van der Waals surface area contributed by atoms with E-state index in [0.717, 1.165) is 103 Å². The lowest BCUT2D eigenvalue weighted by molar-refractivity contribution is -0.144. The van der Waals surface area contributed by atoms with Crippen molar-refractivity contribution in [3.8, 4) is 0 Å². The van der Waals surface area contributed by atoms with Crippen LogP contribution < -0.4 is 0 Å². The van der Waals surface area contributed by atoms with Crippen molar-refractivity contribution in [2.24, 2.45) is 0 Å². The van der Waals surface area contributed by atoms with Gasteiger partial charge in [0.2, 0.25) is 0 Å². The van der Waals surface area contributed by atoms with Crippen LogP contribution in [0.15, 0.2) is 24.3 Å². The molecule has 0 spiro atoms. The third kappa shape index (κ3) is 82.5. The molecule has 0 aromatic carbocycles. The summed E-state index contributed by atoms with van der Waals surface area (Å²) < 4.78 is 16.9. The van der Waals surface area contributed by atoms with E-state index in [2.05, 4.69) is 49.3 Å². The molecule has 622 valence electrons. The zero-order valence-electron chi connectivity index (χ0n) is 71.2. The van der Waals surface area contributed by atoms with Crippen molar-refractivity contribution in [1.29, 1.82) is 0 Å². The Hall–Kier alpha value is -2.31. The van der Waals surface area contributed by atoms with E-state index in [-0.39, 0.29) is 17.9 Å². The van der Waals surface area contributed by atoms with Crippen molar-refractivity contribution in [3.05, 3.63) is 24.3 Å². The number of esters is 3. The average Bonchev–Trinajstić information content (AvgIpc) is 1.31. The number of carbonyl (C=O) groups excluding carboxylic acids is 3. The van der Waals surface area contributed by atoms with E-state index in [4.69, 9.17) is 14.2 Å². The van der Waals surface area contributed by atoms with Crippen LogP contribution in [0.25, 0.3) is 0 Å². The maximum atomic E-state index is 13.0. The molecular weight excluding hydrogens is 1300 g/mol. The predicted octanol–water partition coefficient (Wildman–Crippen LogP) is 27.0. The molecule has 0 radical (unpaired) electrons. The molecule has 0 fully saturated rings. The summed E-state index contributed by atoms with van der Waals surface area (Å²) in [6.45, 7) is 19.4. The molecule has 0 amide bonds. The standard InChI is InChI=1S/C94H183N3O8/c1-6-11-16-21-26-31-36-40-45-50-55-59-69-84-103-92(100)75-64-62-63-74-90(98)87-95(78-65-57-52-47-42-38-33-28-23-18-13-8-3)80-67-68-81-96(79-66-58-53-48-43-39-34-29-24-19-14-9-4)88-91(99)89-97(82-72-76-93(101)104-85-70-60-54-49-44-35-30-25-20-15-10-5)83-73-77-94(102)105-86-71-61-56-51-46-41-37-32-27-22-17-12-7-2/h64,73,75,77,90-91,98-99H,6-63,65-72,74,76,78-89H2,1-5H3/b75-64+,77-73+. The van der Waals surface area contributed by atoms with Crippen LogP contribution >= 0.6 is 0 Å². The average molecular weight is 1480 g/mol. The molecule has 0 saturated heterocycles. The Balaban J connectivity index is 5.81. The van der Waals surface area contributed by atoms with Gasteiger partial charge in [0.05, 0.1) is 32.0 Å². The molecule has 105 heavy (non-hydrogen) atoms. The molecule has 0 rings (SSSR count). The largest absolute Gasteiger partial charge is 0.466 e. The van der Waals surface area contributed by atoms with E-state index >= 15 is 0 Å². The van der Waals surface area contributed by atoms with Gasteiger partial charge in [0.15, 0.2) is 0 Å². The summed E-state index contributed by atoms with van der Waals surface area (Å²) in [5.41, 5.74) is 0. The van der Waals surface area contributed by atoms with E-state index in [1.165, 1.54) is 340 Å². The van der Waals surface area contributed by atoms with Gasteiger partial charge in [0.25, 0.3) is 0 Å². The normalized spacial score (nSPS) is 12.6. The first-order chi connectivity index (χ1) is 51.7. The predicted molar refractivity (Wildman–Crippen MR) is 455 cm³/mol. The minimum absolute atomic E-state index is 0.149. The summed E-state index contributed by atoms with van der Waals surface area (Å²) in [6, 6.07) is 0. The van der Waals surface area contributed by atoms with Crippen LogP contribution in [0, 0.1) is 0 Å². The first-order valence-corrected chi connectivity index (χ1v) is 47.0. The van der Waals surface area contributed by atoms with Crippen molar-refractivity contribution in [1.82, 2.24) is 14.7 Å². The summed E-state index contributed by atoms with van der Waals surface area (Å²) >= 11 is 0. The summed E-state index contributed by atoms with van der Waals surface area (Å²) in [5, 5.41) is 23.5. The molecular formula is C94H183N3O8. The van der Waals surface area contributed by atoms with Gasteiger partial charge in [-0.15, -0.1) is 0 Å². The Kier molecular flexibility index (Phi) is 85.4. The van der Waals surface area contributed by atoms with E-state index in [1.54, 1.807) is 12.2 Å². The fourth-order valence-corrected chi connectivity index (χ4v) is 15.0. The highest BCUT2D eigenvalue weighted by Crippen LogP contribution is 2.20. The Morgan fingerprint density at radius 1 is 0.267 bits per heavy atom. The van der Waals surface area contributed by atoms with Crippen LogP contribution in [0.3, 0.4) is 0 Å². The molecule has 0 bridgehead atoms. The van der Waals surface area contributed by atoms with Gasteiger partial charge in [0, 0.05) is 44.8 Å². The fraction of sp³-hybridized carbons (Fsp3) is 0.926. The van der Waals surface area contributed by atoms with Gasteiger partial charge in [-0.1, -0.05) is 406 Å². The SMILES string of the molecule is CCCCCCCCCCCCCCCOC(=O)/C=C/CCCC(O)CN(CCCCCCCCCCCCCC)CCCCN(CCCCCCCCCCCCCC)CC(O)CN(C/C=C/C(=O)OCCCCCCCCCCCCCCC)CCCC(=O)OCCCCCCCCCCCCC. The summed E-state index contributed by atoms with van der Waals surface area (Å²) in [6.07, 6.45) is 90.2. The topological polar surface area (TPSA) is 129 Å². The number of rotatable bonds is 89. The number of aliphatic hydroxyl groups excluding tert-OH is 2. The number of allylic oxidation sites excluding steroid dienone is 1. The lowest BCUT2D eigenvalue weighted by Gasteiger charge is -2.29. The zero-order valence-corrected chi connectivity index (χ0v) is 71.2. The second kappa shape index (κ2) is 87.3. The number of nitrogens with zero attached hydrogens (tertiary/aromatic N) is 3. The van der Waals surface area contributed by atoms with E-state index in [0.29, 0.717) is 71.8 Å². The highest BCUT2D eigenvalue weighted by Gasteiger charge is 2.18. The second-order valence-electron chi connectivity index (χ2n) is 32.6. The van der Waals surface area contributed by atoms with Gasteiger partial charge in [-0.05, 0) is 103 Å². The maximum absolute atomic E-state index is 13.0. The third-order valence-corrected chi connectivity index (χ3v) is 21.9. The summed E-state index contributed by atoms with van der Waals surface area (Å²) in [4.78, 5) is 45.8. The van der Waals surface area contributed by atoms with Gasteiger partial charge in [-0.3, -0.25) is 9.69 Å². The quantitative estimate of drug-likeness (QED) is 0.0261. The van der Waals surface area contributed by atoms with Crippen LogP contribution in [0.2, 0.25) is 0 Å². The molecule has 11 nitrogen and oxygen atoms in total. The van der Waals surface area contributed by atoms with Crippen molar-refractivity contribution in [2.75, 3.05) is 78.7 Å². The van der Waals surface area contributed by atoms with Crippen molar-refractivity contribution >= 4 is 17.9 Å². The molecule has 0 aromatic rings. The highest BCUT2D eigenvalue weighted by molar-refractivity contribution is 5.82. The Morgan fingerprint density at radius 2 is 0.505 bits per heavy atom. The van der Waals surface area contributed by atoms with Crippen molar-refractivity contribution in [2.45, 2.75) is 483 Å². The molecule has 0 aromatic heterocycles. The van der Waals surface area contributed by atoms with Gasteiger partial charge in [-0.2, -0.15) is 0 Å². The Bertz CT molecular complexity index is 1800. The smallest absolute Gasteiger partial charge is 0.330 e. The van der Waals surface area contributed by atoms with E-state index in [9.17, 15) is 24.6 Å².